The molecule has 20 nitrogen and oxygen atoms in total. The van der Waals surface area contributed by atoms with E-state index in [4.69, 9.17) is 27.6 Å². The van der Waals surface area contributed by atoms with E-state index in [0.717, 1.165) is 18.0 Å². The highest BCUT2D eigenvalue weighted by atomic mass is 31.2. The molecule has 3 aromatic carbocycles. The van der Waals surface area contributed by atoms with Crippen molar-refractivity contribution in [1.82, 2.24) is 49.8 Å². The summed E-state index contributed by atoms with van der Waals surface area (Å²) in [7, 11) is -3.52. The maximum atomic E-state index is 15.0. The Kier molecular flexibility index (Phi) is 16.8. The quantitative estimate of drug-likeness (QED) is 0.0504. The molecule has 2 saturated heterocycles. The Balaban J connectivity index is 0.000000185. The van der Waals surface area contributed by atoms with Crippen LogP contribution in [0.2, 0.25) is 0 Å². The summed E-state index contributed by atoms with van der Waals surface area (Å²) in [5, 5.41) is 33.7. The van der Waals surface area contributed by atoms with Crippen molar-refractivity contribution in [2.75, 3.05) is 56.8 Å². The van der Waals surface area contributed by atoms with Crippen LogP contribution >= 0.6 is 7.60 Å². The van der Waals surface area contributed by atoms with Gasteiger partial charge in [0, 0.05) is 95.1 Å². The Morgan fingerprint density at radius 3 is 1.59 bits per heavy atom. The van der Waals surface area contributed by atoms with Crippen molar-refractivity contribution in [1.29, 1.82) is 0 Å². The maximum Gasteiger partial charge on any atom is 0.328 e. The van der Waals surface area contributed by atoms with Gasteiger partial charge in [0.25, 0.3) is 0 Å². The molecule has 0 bridgehead atoms. The van der Waals surface area contributed by atoms with Crippen LogP contribution in [0.3, 0.4) is 0 Å². The number of hydrogen-bond donors (Lipinski definition) is 3. The molecule has 8 heterocycles. The number of aromatic nitrogens is 10. The van der Waals surface area contributed by atoms with E-state index >= 15 is 4.39 Å². The predicted molar refractivity (Wildman–Crippen MR) is 279 cm³/mol. The third-order valence-electron chi connectivity index (χ3n) is 13.1. The molecule has 1 unspecified atom stereocenters. The highest BCUT2D eigenvalue weighted by Crippen LogP contribution is 2.51. The van der Waals surface area contributed by atoms with Gasteiger partial charge in [-0.25, -0.2) is 37.5 Å². The average molecular weight is 1110 g/mol. The van der Waals surface area contributed by atoms with E-state index in [-0.39, 0.29) is 67.7 Å². The average Bonchev–Trinajstić information content (AvgIpc) is 4.41. The molecule has 2 aliphatic heterocycles. The zero-order valence-electron chi connectivity index (χ0n) is 42.6. The summed E-state index contributed by atoms with van der Waals surface area (Å²) in [6.07, 6.45) is 6.64. The number of anilines is 2. The van der Waals surface area contributed by atoms with Crippen molar-refractivity contribution in [2.45, 2.75) is 56.6 Å². The monoisotopic (exact) mass is 1100 g/mol. The highest BCUT2D eigenvalue weighted by Gasteiger charge is 2.40. The van der Waals surface area contributed by atoms with Crippen LogP contribution in [-0.4, -0.2) is 112 Å². The molecule has 3 N–H and O–H groups in total. The van der Waals surface area contributed by atoms with Gasteiger partial charge in [-0.1, -0.05) is 77.0 Å². The molecule has 2 fully saturated rings. The number of halogens is 4. The molecule has 0 aliphatic carbocycles. The molecule has 79 heavy (non-hydrogen) atoms. The second-order valence-electron chi connectivity index (χ2n) is 18.8. The van der Waals surface area contributed by atoms with Crippen LogP contribution < -0.4 is 10.6 Å². The van der Waals surface area contributed by atoms with Crippen molar-refractivity contribution >= 4 is 19.2 Å². The molecule has 11 rings (SSSR count). The standard InChI is InChI=1S/C31H31F2N6O5P.C23H22F2N6O3/c1-45(40,43-20-22-7-3-2-4-8-22)44-31(12-15-41-16-13-31)21-35-29-25(33)18-34-30(36-29)27-17-28(26-11-14-42-38-26)39(37-27)19-23-9-5-6-10-24(23)32;24-16-4-2-1-3-15(16)13-31-20(18-5-8-34-30-18)11-19(29-31)22-26-12-17(25)21(28-22)27-14-23(32)6-9-33-10-7-23/h2-11,14,17-18H,12-13,15-16,19-21H2,1H3,(H,34,35,36);1-5,8,11-12,32H,6-7,9-10,13-14H2,(H,26,27,28). The topological polar surface area (TPSA) is 238 Å². The van der Waals surface area contributed by atoms with Crippen LogP contribution in [0.1, 0.15) is 42.4 Å². The SMILES string of the molecule is CP(=O)(OCc1ccccc1)OC1(CNc2nc(-c3cc(-c4ccon4)n(Cc4ccccc4F)n3)ncc2F)CCOCC1.OC1(CNc2nc(-c3cc(-c4ccon4)n(Cc4ccccc4F)n3)ncc2F)CCOCC1. The van der Waals surface area contributed by atoms with E-state index in [0.29, 0.717) is 97.4 Å². The number of hydrogen-bond acceptors (Lipinski definition) is 18. The van der Waals surface area contributed by atoms with Crippen molar-refractivity contribution in [2.24, 2.45) is 0 Å². The van der Waals surface area contributed by atoms with Gasteiger partial charge >= 0.3 is 7.60 Å². The second-order valence-corrected chi connectivity index (χ2v) is 20.8. The first-order chi connectivity index (χ1) is 38.3. The summed E-state index contributed by atoms with van der Waals surface area (Å²) in [5.74, 6) is -1.91. The lowest BCUT2D eigenvalue weighted by Gasteiger charge is -2.38. The van der Waals surface area contributed by atoms with Gasteiger partial charge in [-0.3, -0.25) is 13.9 Å². The number of aliphatic hydroxyl groups is 1. The minimum absolute atomic E-state index is 0.0449. The minimum atomic E-state index is -3.52. The molecule has 9 aromatic rings. The fourth-order valence-corrected chi connectivity index (χ4v) is 10.2. The Labute approximate surface area is 449 Å². The first-order valence-electron chi connectivity index (χ1n) is 25.1. The molecule has 0 spiro atoms. The fraction of sp³-hybridized carbons (Fsp3) is 0.296. The fourth-order valence-electron chi connectivity index (χ4n) is 8.81. The van der Waals surface area contributed by atoms with Crippen LogP contribution in [-0.2, 0) is 42.8 Å². The Morgan fingerprint density at radius 2 is 1.10 bits per heavy atom. The van der Waals surface area contributed by atoms with Crippen molar-refractivity contribution in [3.8, 4) is 45.8 Å². The van der Waals surface area contributed by atoms with Crippen molar-refractivity contribution in [3.63, 3.8) is 0 Å². The molecule has 0 amide bonds. The summed E-state index contributed by atoms with van der Waals surface area (Å²) in [5.41, 5.74) is 2.49. The van der Waals surface area contributed by atoms with Gasteiger partial charge in [-0.2, -0.15) is 10.2 Å². The van der Waals surface area contributed by atoms with Gasteiger partial charge in [0.15, 0.2) is 34.9 Å². The summed E-state index contributed by atoms with van der Waals surface area (Å²) in [4.78, 5) is 16.9. The predicted octanol–water partition coefficient (Wildman–Crippen LogP) is 9.61. The molecule has 0 radical (unpaired) electrons. The molecule has 6 aromatic heterocycles. The summed E-state index contributed by atoms with van der Waals surface area (Å²) in [6, 6.07) is 28.8. The van der Waals surface area contributed by atoms with Crippen LogP contribution in [0.25, 0.3) is 45.8 Å². The number of rotatable bonds is 19. The number of nitrogens with zero attached hydrogens (tertiary/aromatic N) is 10. The molecular formula is C54H53F4N12O8P. The number of benzene rings is 3. The van der Waals surface area contributed by atoms with Crippen molar-refractivity contribution in [3.05, 3.63) is 168 Å². The maximum absolute atomic E-state index is 15.0. The van der Waals surface area contributed by atoms with Gasteiger partial charge in [0.05, 0.1) is 54.7 Å². The molecule has 1 atom stereocenters. The zero-order chi connectivity index (χ0) is 54.8. The molecular weight excluding hydrogens is 1050 g/mol. The molecule has 25 heteroatoms. The molecule has 2 aliphatic rings. The van der Waals surface area contributed by atoms with Crippen molar-refractivity contribution < 1.29 is 54.8 Å². The summed E-state index contributed by atoms with van der Waals surface area (Å²) >= 11 is 0. The van der Waals surface area contributed by atoms with Gasteiger partial charge in [0.2, 0.25) is 0 Å². The largest absolute Gasteiger partial charge is 0.388 e. The molecule has 0 saturated carbocycles. The van der Waals surface area contributed by atoms with Gasteiger partial charge in [-0.05, 0) is 29.8 Å². The number of ether oxygens (including phenoxy) is 2. The van der Waals surface area contributed by atoms with E-state index in [2.05, 4.69) is 51.1 Å². The highest BCUT2D eigenvalue weighted by molar-refractivity contribution is 7.53. The summed E-state index contributed by atoms with van der Waals surface area (Å²) in [6.45, 7) is 3.64. The van der Waals surface area contributed by atoms with E-state index in [1.54, 1.807) is 70.0 Å². The van der Waals surface area contributed by atoms with Gasteiger partial charge < -0.3 is 43.3 Å². The normalized spacial score (nSPS) is 15.7. The zero-order valence-corrected chi connectivity index (χ0v) is 43.4. The van der Waals surface area contributed by atoms with Crippen LogP contribution in [0, 0.1) is 23.3 Å². The van der Waals surface area contributed by atoms with Crippen LogP contribution in [0.5, 0.6) is 0 Å². The minimum Gasteiger partial charge on any atom is -0.388 e. The van der Waals surface area contributed by atoms with E-state index in [9.17, 15) is 22.8 Å². The second kappa shape index (κ2) is 24.4. The van der Waals surface area contributed by atoms with Gasteiger partial charge in [0.1, 0.15) is 46.9 Å². The van der Waals surface area contributed by atoms with E-state index in [1.165, 1.54) is 31.3 Å². The van der Waals surface area contributed by atoms with E-state index in [1.807, 2.05) is 30.3 Å². The van der Waals surface area contributed by atoms with E-state index < -0.39 is 30.4 Å². The Bertz CT molecular complexity index is 3510. The lowest BCUT2D eigenvalue weighted by atomic mass is 9.94. The Morgan fingerprint density at radius 1 is 0.620 bits per heavy atom. The lowest BCUT2D eigenvalue weighted by Crippen LogP contribution is -2.44. The van der Waals surface area contributed by atoms with Crippen LogP contribution in [0.15, 0.2) is 137 Å². The first kappa shape index (κ1) is 54.4. The third kappa shape index (κ3) is 13.7. The molecule has 410 valence electrons. The first-order valence-corrected chi connectivity index (χ1v) is 27.1. The van der Waals surface area contributed by atoms with Crippen LogP contribution in [0.4, 0.5) is 29.2 Å². The smallest absolute Gasteiger partial charge is 0.328 e. The lowest BCUT2D eigenvalue weighted by molar-refractivity contribution is -0.0544. The summed E-state index contributed by atoms with van der Waals surface area (Å²) < 4.78 is 107. The Hall–Kier alpha value is -7.99. The van der Waals surface area contributed by atoms with Gasteiger partial charge in [-0.15, -0.1) is 0 Å². The number of nitrogens with one attached hydrogen (secondary N) is 2. The third-order valence-corrected chi connectivity index (χ3v) is 14.4.